The van der Waals surface area contributed by atoms with Crippen molar-refractivity contribution in [2.45, 2.75) is 42.2 Å². The Morgan fingerprint density at radius 2 is 1.34 bits per heavy atom. The number of carbonyl (C=O) groups excluding carboxylic acids is 2. The number of carbonyl (C=O) groups is 2. The third-order valence-electron chi connectivity index (χ3n) is 7.92. The van der Waals surface area contributed by atoms with Gasteiger partial charge in [0.15, 0.2) is 0 Å². The molecule has 2 amide bonds. The molecule has 32 heavy (non-hydrogen) atoms. The van der Waals surface area contributed by atoms with E-state index in [1.165, 1.54) is 0 Å². The van der Waals surface area contributed by atoms with Gasteiger partial charge in [-0.3, -0.25) is 9.59 Å². The second-order valence-electron chi connectivity index (χ2n) is 9.43. The number of piperazine rings is 1. The smallest absolute Gasteiger partial charge is 0.249 e. The monoisotopic (exact) mass is 422 g/mol. The first kappa shape index (κ1) is 19.3. The molecular formula is C28H26N2O2. The van der Waals surface area contributed by atoms with E-state index >= 15 is 0 Å². The van der Waals surface area contributed by atoms with Gasteiger partial charge >= 0.3 is 0 Å². The maximum absolute atomic E-state index is 14.1. The fourth-order valence-electron chi connectivity index (χ4n) is 6.74. The highest BCUT2D eigenvalue weighted by molar-refractivity contribution is 6.07. The molecule has 4 saturated heterocycles. The first-order valence-electron chi connectivity index (χ1n) is 11.4. The highest BCUT2D eigenvalue weighted by Gasteiger charge is 2.75. The average Bonchev–Trinajstić information content (AvgIpc) is 3.30. The third kappa shape index (κ3) is 2.32. The van der Waals surface area contributed by atoms with E-state index in [1.54, 1.807) is 0 Å². The number of hydrogen-bond donors (Lipinski definition) is 1. The minimum atomic E-state index is -0.962. The second kappa shape index (κ2) is 6.80. The van der Waals surface area contributed by atoms with Gasteiger partial charge in [-0.25, -0.2) is 0 Å². The lowest BCUT2D eigenvalue weighted by Crippen LogP contribution is -2.86. The zero-order valence-electron chi connectivity index (χ0n) is 18.0. The van der Waals surface area contributed by atoms with Crippen LogP contribution >= 0.6 is 0 Å². The van der Waals surface area contributed by atoms with Crippen molar-refractivity contribution in [3.05, 3.63) is 108 Å². The van der Waals surface area contributed by atoms with Crippen LogP contribution in [0.15, 0.2) is 91.0 Å². The van der Waals surface area contributed by atoms with Crippen LogP contribution in [0.4, 0.5) is 0 Å². The summed E-state index contributed by atoms with van der Waals surface area (Å²) in [4.78, 5) is 30.0. The molecule has 4 fully saturated rings. The lowest BCUT2D eigenvalue weighted by Gasteiger charge is -2.65. The fourth-order valence-corrected chi connectivity index (χ4v) is 6.74. The molecule has 3 aromatic rings. The minimum absolute atomic E-state index is 0.00973. The van der Waals surface area contributed by atoms with E-state index in [4.69, 9.17) is 0 Å². The average molecular weight is 423 g/mol. The Labute approximate surface area is 188 Å². The number of rotatable bonds is 4. The van der Waals surface area contributed by atoms with Gasteiger partial charge in [0.25, 0.3) is 0 Å². The van der Waals surface area contributed by atoms with Crippen molar-refractivity contribution in [2.24, 2.45) is 0 Å². The van der Waals surface area contributed by atoms with Crippen LogP contribution in [0.1, 0.15) is 36.0 Å². The van der Waals surface area contributed by atoms with Crippen LogP contribution in [-0.4, -0.2) is 34.3 Å². The molecule has 4 nitrogen and oxygen atoms in total. The molecule has 0 unspecified atom stereocenters. The standard InChI is InChI=1S/C28H26N2O2/c31-24-28-17-10-18-30(28)25(32)26(29-24,19-21-11-4-1-5-12-21)20-27(28,22-13-6-2-7-14-22)23-15-8-3-9-16-23/h1-9,11-16H,10,17-20H2,(H,29,31)/t26-,28-/m1/s1. The summed E-state index contributed by atoms with van der Waals surface area (Å²) in [6.45, 7) is 0.629. The van der Waals surface area contributed by atoms with Gasteiger partial charge in [-0.2, -0.15) is 0 Å². The molecule has 1 N–H and O–H groups in total. The van der Waals surface area contributed by atoms with Gasteiger partial charge in [0.1, 0.15) is 11.1 Å². The maximum atomic E-state index is 14.1. The Balaban J connectivity index is 1.64. The molecule has 0 aliphatic carbocycles. The van der Waals surface area contributed by atoms with Crippen LogP contribution in [0.3, 0.4) is 0 Å². The van der Waals surface area contributed by atoms with Crippen molar-refractivity contribution in [1.82, 2.24) is 10.2 Å². The summed E-state index contributed by atoms with van der Waals surface area (Å²) in [5.74, 6) is 0.0606. The summed E-state index contributed by atoms with van der Waals surface area (Å²) in [6, 6.07) is 30.8. The quantitative estimate of drug-likeness (QED) is 0.694. The summed E-state index contributed by atoms with van der Waals surface area (Å²) in [6.07, 6.45) is 2.56. The van der Waals surface area contributed by atoms with Crippen LogP contribution in [0.2, 0.25) is 0 Å². The number of hydrogen-bond acceptors (Lipinski definition) is 2. The molecule has 2 bridgehead atoms. The summed E-state index contributed by atoms with van der Waals surface area (Å²) in [5.41, 5.74) is 0.818. The SMILES string of the molecule is O=C1N2CCC[C@]23C(=O)N[C@]1(Cc1ccccc1)CC3(c1ccccc1)c1ccccc1. The van der Waals surface area contributed by atoms with E-state index in [-0.39, 0.29) is 11.8 Å². The summed E-state index contributed by atoms with van der Waals surface area (Å²) >= 11 is 0. The summed E-state index contributed by atoms with van der Waals surface area (Å²) in [5, 5.41) is 3.25. The normalized spacial score (nSPS) is 27.8. The number of nitrogens with zero attached hydrogens (tertiary/aromatic N) is 1. The molecular weight excluding hydrogens is 396 g/mol. The lowest BCUT2D eigenvalue weighted by atomic mass is 9.49. The van der Waals surface area contributed by atoms with Gasteiger partial charge in [-0.1, -0.05) is 91.0 Å². The number of benzene rings is 3. The molecule has 4 aliphatic heterocycles. The van der Waals surface area contributed by atoms with E-state index in [2.05, 4.69) is 29.6 Å². The summed E-state index contributed by atoms with van der Waals surface area (Å²) < 4.78 is 0. The van der Waals surface area contributed by atoms with Crippen LogP contribution in [0.5, 0.6) is 0 Å². The lowest BCUT2D eigenvalue weighted by molar-refractivity contribution is -0.176. The van der Waals surface area contributed by atoms with E-state index in [9.17, 15) is 9.59 Å². The number of fused-ring (bicyclic) bond motifs is 2. The van der Waals surface area contributed by atoms with Gasteiger partial charge < -0.3 is 10.2 Å². The molecule has 160 valence electrons. The minimum Gasteiger partial charge on any atom is -0.339 e. The molecule has 4 aliphatic rings. The molecule has 4 heterocycles. The zero-order valence-corrected chi connectivity index (χ0v) is 18.0. The van der Waals surface area contributed by atoms with Gasteiger partial charge in [0.2, 0.25) is 11.8 Å². The van der Waals surface area contributed by atoms with Crippen molar-refractivity contribution in [3.8, 4) is 0 Å². The molecule has 1 spiro atoms. The number of amides is 2. The number of piperidine rings is 2. The molecule has 0 saturated carbocycles. The van der Waals surface area contributed by atoms with Crippen molar-refractivity contribution in [2.75, 3.05) is 6.54 Å². The Bertz CT molecular complexity index is 1140. The first-order chi connectivity index (χ1) is 15.6. The van der Waals surface area contributed by atoms with Gasteiger partial charge in [-0.15, -0.1) is 0 Å². The number of nitrogens with one attached hydrogen (secondary N) is 1. The largest absolute Gasteiger partial charge is 0.339 e. The van der Waals surface area contributed by atoms with E-state index in [1.807, 2.05) is 71.6 Å². The van der Waals surface area contributed by atoms with Crippen molar-refractivity contribution < 1.29 is 9.59 Å². The van der Waals surface area contributed by atoms with Crippen LogP contribution in [0, 0.1) is 0 Å². The van der Waals surface area contributed by atoms with Gasteiger partial charge in [0.05, 0.1) is 5.41 Å². The predicted octanol–water partition coefficient (Wildman–Crippen LogP) is 3.85. The Morgan fingerprint density at radius 1 is 0.781 bits per heavy atom. The van der Waals surface area contributed by atoms with Crippen molar-refractivity contribution in [1.29, 1.82) is 0 Å². The highest BCUT2D eigenvalue weighted by atomic mass is 16.2. The maximum Gasteiger partial charge on any atom is 0.249 e. The van der Waals surface area contributed by atoms with Crippen LogP contribution in [0.25, 0.3) is 0 Å². The fraction of sp³-hybridized carbons (Fsp3) is 0.286. The van der Waals surface area contributed by atoms with Crippen LogP contribution in [-0.2, 0) is 21.4 Å². The zero-order chi connectivity index (χ0) is 21.8. The highest BCUT2D eigenvalue weighted by Crippen LogP contribution is 2.60. The van der Waals surface area contributed by atoms with Crippen molar-refractivity contribution in [3.63, 3.8) is 0 Å². The van der Waals surface area contributed by atoms with E-state index in [0.717, 1.165) is 23.1 Å². The van der Waals surface area contributed by atoms with Gasteiger partial charge in [0, 0.05) is 13.0 Å². The predicted molar refractivity (Wildman–Crippen MR) is 123 cm³/mol. The Kier molecular flexibility index (Phi) is 4.10. The molecule has 4 heteroatoms. The molecule has 3 aromatic carbocycles. The molecule has 0 aromatic heterocycles. The van der Waals surface area contributed by atoms with E-state index in [0.29, 0.717) is 25.8 Å². The third-order valence-corrected chi connectivity index (χ3v) is 7.92. The van der Waals surface area contributed by atoms with E-state index < -0.39 is 16.5 Å². The molecule has 2 atom stereocenters. The topological polar surface area (TPSA) is 49.4 Å². The van der Waals surface area contributed by atoms with Crippen molar-refractivity contribution >= 4 is 11.8 Å². The second-order valence-corrected chi connectivity index (χ2v) is 9.43. The molecule has 0 radical (unpaired) electrons. The van der Waals surface area contributed by atoms with Gasteiger partial charge in [-0.05, 0) is 36.0 Å². The Morgan fingerprint density at radius 3 is 1.94 bits per heavy atom. The molecule has 7 rings (SSSR count). The summed E-state index contributed by atoms with van der Waals surface area (Å²) in [7, 11) is 0. The Hall–Kier alpha value is -3.40. The first-order valence-corrected chi connectivity index (χ1v) is 11.4. The van der Waals surface area contributed by atoms with Crippen LogP contribution < -0.4 is 5.32 Å².